The fourth-order valence-corrected chi connectivity index (χ4v) is 1.54. The molecule has 0 radical (unpaired) electrons. The summed E-state index contributed by atoms with van der Waals surface area (Å²) in [5.74, 6) is 1.57. The first kappa shape index (κ1) is 10.6. The fourth-order valence-electron chi connectivity index (χ4n) is 1.54. The molecule has 0 aliphatic rings. The van der Waals surface area contributed by atoms with Crippen LogP contribution < -0.4 is 5.32 Å². The minimum Gasteiger partial charge on any atom is -0.373 e. The van der Waals surface area contributed by atoms with E-state index in [0.29, 0.717) is 0 Å². The summed E-state index contributed by atoms with van der Waals surface area (Å²) in [6.07, 6.45) is 1.53. The van der Waals surface area contributed by atoms with Crippen LogP contribution in [0.4, 0.5) is 5.82 Å². The lowest BCUT2D eigenvalue weighted by molar-refractivity contribution is 0.801. The van der Waals surface area contributed by atoms with Gasteiger partial charge in [0.05, 0.1) is 5.69 Å². The van der Waals surface area contributed by atoms with E-state index in [1.807, 2.05) is 31.6 Å². The van der Waals surface area contributed by atoms with Crippen LogP contribution in [0.15, 0.2) is 12.4 Å². The number of hydrogen-bond donors (Lipinski definition) is 1. The molecule has 0 atom stereocenters. The number of anilines is 1. The summed E-state index contributed by atoms with van der Waals surface area (Å²) < 4.78 is 1.84. The molecule has 2 heterocycles. The van der Waals surface area contributed by atoms with E-state index in [9.17, 15) is 0 Å². The van der Waals surface area contributed by atoms with Gasteiger partial charge in [-0.1, -0.05) is 0 Å². The molecule has 16 heavy (non-hydrogen) atoms. The second-order valence-electron chi connectivity index (χ2n) is 3.72. The lowest BCUT2D eigenvalue weighted by Crippen LogP contribution is -2.04. The number of aryl methyl sites for hydroxylation is 1. The Labute approximate surface area is 94.5 Å². The van der Waals surface area contributed by atoms with E-state index in [1.54, 1.807) is 0 Å². The van der Waals surface area contributed by atoms with Gasteiger partial charge in [0.25, 0.3) is 0 Å². The molecular weight excluding hydrogens is 202 g/mol. The standard InChI is InChI=1S/C11H15N5/c1-7-8(2)15-16(9(7)3)11-5-10(12-4)13-6-14-11/h5-6H,1-4H3,(H,12,13,14). The molecule has 1 N–H and O–H groups in total. The van der Waals surface area contributed by atoms with E-state index in [2.05, 4.69) is 27.3 Å². The van der Waals surface area contributed by atoms with Gasteiger partial charge in [-0.2, -0.15) is 5.10 Å². The van der Waals surface area contributed by atoms with Crippen molar-refractivity contribution in [2.75, 3.05) is 12.4 Å². The maximum Gasteiger partial charge on any atom is 0.159 e. The summed E-state index contributed by atoms with van der Waals surface area (Å²) >= 11 is 0. The molecule has 2 aromatic rings. The lowest BCUT2D eigenvalue weighted by atomic mass is 10.2. The van der Waals surface area contributed by atoms with Crippen LogP contribution in [0.2, 0.25) is 0 Å². The second-order valence-corrected chi connectivity index (χ2v) is 3.72. The maximum absolute atomic E-state index is 4.45. The van der Waals surface area contributed by atoms with Crippen molar-refractivity contribution in [3.63, 3.8) is 0 Å². The third-order valence-electron chi connectivity index (χ3n) is 2.78. The molecule has 0 aliphatic heterocycles. The quantitative estimate of drug-likeness (QED) is 0.830. The van der Waals surface area contributed by atoms with Crippen LogP contribution in [0.1, 0.15) is 17.0 Å². The molecule has 2 rings (SSSR count). The van der Waals surface area contributed by atoms with Gasteiger partial charge < -0.3 is 5.32 Å². The maximum atomic E-state index is 4.45. The summed E-state index contributed by atoms with van der Waals surface area (Å²) in [7, 11) is 1.83. The average Bonchev–Trinajstić information content (AvgIpc) is 2.57. The molecule has 84 valence electrons. The first-order valence-electron chi connectivity index (χ1n) is 5.16. The summed E-state index contributed by atoms with van der Waals surface area (Å²) in [5.41, 5.74) is 3.34. The molecular formula is C11H15N5. The Bertz CT molecular complexity index is 515. The number of rotatable bonds is 2. The Morgan fingerprint density at radius 3 is 2.50 bits per heavy atom. The van der Waals surface area contributed by atoms with Gasteiger partial charge in [0.2, 0.25) is 0 Å². The number of nitrogens with one attached hydrogen (secondary N) is 1. The van der Waals surface area contributed by atoms with Crippen LogP contribution in [0.5, 0.6) is 0 Å². The lowest BCUT2D eigenvalue weighted by Gasteiger charge is -2.04. The van der Waals surface area contributed by atoms with Crippen LogP contribution in [-0.2, 0) is 0 Å². The van der Waals surface area contributed by atoms with Crippen LogP contribution in [0.25, 0.3) is 5.82 Å². The molecule has 2 aromatic heterocycles. The van der Waals surface area contributed by atoms with E-state index >= 15 is 0 Å². The van der Waals surface area contributed by atoms with Gasteiger partial charge in [0, 0.05) is 18.8 Å². The molecule has 5 heteroatoms. The van der Waals surface area contributed by atoms with Gasteiger partial charge in [0.1, 0.15) is 12.1 Å². The Balaban J connectivity index is 2.54. The molecule has 0 fully saturated rings. The van der Waals surface area contributed by atoms with E-state index in [-0.39, 0.29) is 0 Å². The van der Waals surface area contributed by atoms with Crippen molar-refractivity contribution < 1.29 is 0 Å². The number of hydrogen-bond acceptors (Lipinski definition) is 4. The Hall–Kier alpha value is -1.91. The summed E-state index contributed by atoms with van der Waals surface area (Å²) in [6, 6.07) is 1.87. The van der Waals surface area contributed by atoms with Crippen molar-refractivity contribution in [3.05, 3.63) is 29.3 Å². The monoisotopic (exact) mass is 217 g/mol. The van der Waals surface area contributed by atoms with Crippen LogP contribution in [0.3, 0.4) is 0 Å². The fraction of sp³-hybridized carbons (Fsp3) is 0.364. The summed E-state index contributed by atoms with van der Waals surface area (Å²) in [6.45, 7) is 6.10. The molecule has 5 nitrogen and oxygen atoms in total. The average molecular weight is 217 g/mol. The van der Waals surface area contributed by atoms with Gasteiger partial charge >= 0.3 is 0 Å². The minimum atomic E-state index is 0.785. The molecule has 0 amide bonds. The Kier molecular flexibility index (Phi) is 2.60. The van der Waals surface area contributed by atoms with Crippen LogP contribution in [-0.4, -0.2) is 26.8 Å². The highest BCUT2D eigenvalue weighted by molar-refractivity contribution is 5.41. The molecule has 0 unspecified atom stereocenters. The van der Waals surface area contributed by atoms with Gasteiger partial charge in [-0.3, -0.25) is 0 Å². The second kappa shape index (κ2) is 3.92. The minimum absolute atomic E-state index is 0.785. The Morgan fingerprint density at radius 1 is 1.19 bits per heavy atom. The van der Waals surface area contributed by atoms with Crippen LogP contribution in [0, 0.1) is 20.8 Å². The third-order valence-corrected chi connectivity index (χ3v) is 2.78. The van der Waals surface area contributed by atoms with Gasteiger partial charge in [-0.15, -0.1) is 0 Å². The molecule has 0 spiro atoms. The van der Waals surface area contributed by atoms with E-state index in [4.69, 9.17) is 0 Å². The highest BCUT2D eigenvalue weighted by Crippen LogP contribution is 2.16. The number of aromatic nitrogens is 4. The van der Waals surface area contributed by atoms with Crippen LogP contribution >= 0.6 is 0 Å². The first-order chi connectivity index (χ1) is 7.63. The summed E-state index contributed by atoms with van der Waals surface area (Å²) in [4.78, 5) is 8.30. The topological polar surface area (TPSA) is 55.6 Å². The highest BCUT2D eigenvalue weighted by Gasteiger charge is 2.10. The van der Waals surface area contributed by atoms with Crippen molar-refractivity contribution in [2.45, 2.75) is 20.8 Å². The smallest absolute Gasteiger partial charge is 0.159 e. The van der Waals surface area contributed by atoms with E-state index < -0.39 is 0 Å². The normalized spacial score (nSPS) is 10.5. The molecule has 0 aliphatic carbocycles. The van der Waals surface area contributed by atoms with E-state index in [0.717, 1.165) is 23.0 Å². The molecule has 0 saturated carbocycles. The van der Waals surface area contributed by atoms with Crippen molar-refractivity contribution in [1.29, 1.82) is 0 Å². The van der Waals surface area contributed by atoms with Crippen molar-refractivity contribution in [3.8, 4) is 5.82 Å². The number of nitrogens with zero attached hydrogens (tertiary/aromatic N) is 4. The zero-order chi connectivity index (χ0) is 11.7. The van der Waals surface area contributed by atoms with Gasteiger partial charge in [-0.05, 0) is 26.3 Å². The zero-order valence-corrected chi connectivity index (χ0v) is 9.94. The largest absolute Gasteiger partial charge is 0.373 e. The van der Waals surface area contributed by atoms with Crippen molar-refractivity contribution in [1.82, 2.24) is 19.7 Å². The predicted molar refractivity (Wildman–Crippen MR) is 62.9 cm³/mol. The SMILES string of the molecule is CNc1cc(-n2nc(C)c(C)c2C)ncn1. The molecule has 0 bridgehead atoms. The first-order valence-corrected chi connectivity index (χ1v) is 5.16. The van der Waals surface area contributed by atoms with Gasteiger partial charge in [0.15, 0.2) is 5.82 Å². The third kappa shape index (κ3) is 1.64. The highest BCUT2D eigenvalue weighted by atomic mass is 15.3. The predicted octanol–water partition coefficient (Wildman–Crippen LogP) is 1.63. The molecule has 0 aromatic carbocycles. The Morgan fingerprint density at radius 2 is 1.94 bits per heavy atom. The van der Waals surface area contributed by atoms with Crippen molar-refractivity contribution >= 4 is 5.82 Å². The summed E-state index contributed by atoms with van der Waals surface area (Å²) in [5, 5.41) is 7.44. The van der Waals surface area contributed by atoms with Crippen molar-refractivity contribution in [2.24, 2.45) is 0 Å². The molecule has 0 saturated heterocycles. The van der Waals surface area contributed by atoms with Gasteiger partial charge in [-0.25, -0.2) is 14.6 Å². The van der Waals surface area contributed by atoms with E-state index in [1.165, 1.54) is 11.9 Å². The zero-order valence-electron chi connectivity index (χ0n) is 9.94.